The van der Waals surface area contributed by atoms with Gasteiger partial charge in [-0.05, 0) is 44.0 Å². The molecule has 3 heterocycles. The number of benzene rings is 1. The van der Waals surface area contributed by atoms with E-state index in [9.17, 15) is 9.59 Å². The van der Waals surface area contributed by atoms with Crippen LogP contribution in [0.5, 0.6) is 5.75 Å². The molecule has 4 aromatic rings. The summed E-state index contributed by atoms with van der Waals surface area (Å²) >= 11 is 0. The zero-order valence-corrected chi connectivity index (χ0v) is 17.4. The predicted octanol–water partition coefficient (Wildman–Crippen LogP) is 1.52. The topological polar surface area (TPSA) is 106 Å². The number of hydrogen-bond donors (Lipinski definition) is 2. The molecule has 1 amide bonds. The molecule has 0 fully saturated rings. The number of fused-ring (bicyclic) bond motifs is 2. The fourth-order valence-corrected chi connectivity index (χ4v) is 3.72. The van der Waals surface area contributed by atoms with Crippen molar-refractivity contribution in [2.75, 3.05) is 7.11 Å². The maximum absolute atomic E-state index is 12.5. The number of rotatable bonds is 6. The van der Waals surface area contributed by atoms with E-state index < -0.39 is 0 Å². The summed E-state index contributed by atoms with van der Waals surface area (Å²) in [5, 5.41) is 6.95. The summed E-state index contributed by atoms with van der Waals surface area (Å²) in [5.74, 6) is 1.28. The third kappa shape index (κ3) is 3.78. The van der Waals surface area contributed by atoms with Gasteiger partial charge in [-0.2, -0.15) is 9.50 Å². The number of nitrogens with one attached hydrogen (secondary N) is 2. The van der Waals surface area contributed by atoms with E-state index in [1.54, 1.807) is 14.0 Å². The predicted molar refractivity (Wildman–Crippen MR) is 113 cm³/mol. The second-order valence-corrected chi connectivity index (χ2v) is 7.54. The molecule has 0 saturated heterocycles. The van der Waals surface area contributed by atoms with Crippen LogP contribution in [0.25, 0.3) is 16.7 Å². The average Bonchev–Trinajstić information content (AvgIpc) is 3.22. The first-order valence-corrected chi connectivity index (χ1v) is 9.70. The lowest BCUT2D eigenvalue weighted by Gasteiger charge is -2.13. The van der Waals surface area contributed by atoms with Gasteiger partial charge < -0.3 is 14.6 Å². The number of carbonyl (C=O) groups is 1. The molecular formula is C21H24N6O3. The minimum Gasteiger partial charge on any atom is -0.497 e. The first-order valence-electron chi connectivity index (χ1n) is 9.70. The maximum Gasteiger partial charge on any atom is 0.274 e. The lowest BCUT2D eigenvalue weighted by atomic mass is 10.1. The highest BCUT2D eigenvalue weighted by Gasteiger charge is 2.15. The highest BCUT2D eigenvalue weighted by Crippen LogP contribution is 2.26. The van der Waals surface area contributed by atoms with E-state index in [0.717, 1.165) is 22.2 Å². The molecule has 3 aromatic heterocycles. The number of carbonyl (C=O) groups excluding carboxylic acids is 1. The summed E-state index contributed by atoms with van der Waals surface area (Å²) in [6.45, 7) is 3.69. The Bertz CT molecular complexity index is 1300. The van der Waals surface area contributed by atoms with Crippen molar-refractivity contribution in [3.8, 4) is 5.75 Å². The molecule has 0 bridgehead atoms. The van der Waals surface area contributed by atoms with Gasteiger partial charge >= 0.3 is 0 Å². The van der Waals surface area contributed by atoms with E-state index in [-0.39, 0.29) is 29.7 Å². The van der Waals surface area contributed by atoms with Crippen molar-refractivity contribution in [3.63, 3.8) is 0 Å². The van der Waals surface area contributed by atoms with Gasteiger partial charge in [0.2, 0.25) is 5.91 Å². The molecule has 0 aliphatic carbocycles. The zero-order chi connectivity index (χ0) is 21.4. The molecule has 1 aromatic carbocycles. The summed E-state index contributed by atoms with van der Waals surface area (Å²) in [7, 11) is 3.65. The highest BCUT2D eigenvalue weighted by atomic mass is 16.5. The molecule has 0 saturated carbocycles. The summed E-state index contributed by atoms with van der Waals surface area (Å²) in [4.78, 5) is 32.9. The van der Waals surface area contributed by atoms with Crippen molar-refractivity contribution in [3.05, 3.63) is 57.9 Å². The van der Waals surface area contributed by atoms with Crippen molar-refractivity contribution in [2.24, 2.45) is 7.05 Å². The normalized spacial score (nSPS) is 12.4. The Balaban J connectivity index is 1.46. The minimum atomic E-state index is -0.253. The van der Waals surface area contributed by atoms with Crippen molar-refractivity contribution in [2.45, 2.75) is 32.7 Å². The van der Waals surface area contributed by atoms with Crippen LogP contribution in [0.2, 0.25) is 0 Å². The van der Waals surface area contributed by atoms with Crippen LogP contribution in [0.1, 0.15) is 24.0 Å². The number of hydrogen-bond acceptors (Lipinski definition) is 5. The van der Waals surface area contributed by atoms with Gasteiger partial charge in [0, 0.05) is 41.9 Å². The van der Waals surface area contributed by atoms with Crippen molar-refractivity contribution < 1.29 is 9.53 Å². The Morgan fingerprint density at radius 1 is 1.30 bits per heavy atom. The van der Waals surface area contributed by atoms with E-state index in [4.69, 9.17) is 4.74 Å². The fourth-order valence-electron chi connectivity index (χ4n) is 3.72. The molecule has 0 aliphatic rings. The van der Waals surface area contributed by atoms with Crippen molar-refractivity contribution >= 4 is 22.6 Å². The second-order valence-electron chi connectivity index (χ2n) is 7.54. The van der Waals surface area contributed by atoms with Gasteiger partial charge in [0.15, 0.2) is 0 Å². The van der Waals surface area contributed by atoms with E-state index in [1.165, 1.54) is 10.6 Å². The van der Waals surface area contributed by atoms with Crippen LogP contribution < -0.4 is 15.6 Å². The van der Waals surface area contributed by atoms with Gasteiger partial charge in [0.05, 0.1) is 13.5 Å². The van der Waals surface area contributed by atoms with Gasteiger partial charge in [-0.25, -0.2) is 4.98 Å². The standard InChI is InChI=1S/C21H24N6O3/c1-12(7-14-11-26(3)17-6-5-15(30-4)9-16(14)17)22-19(28)10-18-24-21-23-13(2)8-20(29)27(21)25-18/h5-6,8-9,11-12H,7,10H2,1-4H3,(H,22,28)(H,23,24,25)/t12-/m1/s1. The molecule has 156 valence electrons. The van der Waals surface area contributed by atoms with Crippen LogP contribution in [-0.4, -0.2) is 43.2 Å². The lowest BCUT2D eigenvalue weighted by molar-refractivity contribution is -0.121. The van der Waals surface area contributed by atoms with Crippen LogP contribution in [0.3, 0.4) is 0 Å². The molecule has 4 rings (SSSR count). The minimum absolute atomic E-state index is 0.0372. The zero-order valence-electron chi connectivity index (χ0n) is 17.4. The first kappa shape index (κ1) is 19.7. The summed E-state index contributed by atoms with van der Waals surface area (Å²) in [6, 6.07) is 7.31. The number of aryl methyl sites for hydroxylation is 2. The third-order valence-corrected chi connectivity index (χ3v) is 5.05. The van der Waals surface area contributed by atoms with Crippen LogP contribution in [0, 0.1) is 6.92 Å². The van der Waals surface area contributed by atoms with E-state index in [0.29, 0.717) is 17.9 Å². The molecule has 0 unspecified atom stereocenters. The van der Waals surface area contributed by atoms with Gasteiger partial charge in [-0.15, -0.1) is 0 Å². The Hall–Kier alpha value is -3.62. The molecule has 0 spiro atoms. The number of methoxy groups -OCH3 is 1. The Kier molecular flexibility index (Phi) is 5.03. The van der Waals surface area contributed by atoms with Crippen LogP contribution in [0.4, 0.5) is 0 Å². The Morgan fingerprint density at radius 3 is 2.87 bits per heavy atom. The van der Waals surface area contributed by atoms with Crippen LogP contribution >= 0.6 is 0 Å². The number of amides is 1. The van der Waals surface area contributed by atoms with Gasteiger partial charge in [0.25, 0.3) is 11.3 Å². The first-order chi connectivity index (χ1) is 14.3. The molecule has 2 N–H and O–H groups in total. The summed E-state index contributed by atoms with van der Waals surface area (Å²) in [5.41, 5.74) is 2.58. The largest absolute Gasteiger partial charge is 0.497 e. The van der Waals surface area contributed by atoms with E-state index in [2.05, 4.69) is 31.1 Å². The fraction of sp³-hybridized carbons (Fsp3) is 0.333. The van der Waals surface area contributed by atoms with Gasteiger partial charge in [-0.3, -0.25) is 14.7 Å². The lowest BCUT2D eigenvalue weighted by Crippen LogP contribution is -2.35. The van der Waals surface area contributed by atoms with Gasteiger partial charge in [-0.1, -0.05) is 0 Å². The highest BCUT2D eigenvalue weighted by molar-refractivity contribution is 5.85. The molecule has 9 nitrogen and oxygen atoms in total. The van der Waals surface area contributed by atoms with E-state index in [1.807, 2.05) is 32.2 Å². The van der Waals surface area contributed by atoms with Crippen LogP contribution in [-0.2, 0) is 24.7 Å². The maximum atomic E-state index is 12.5. The van der Waals surface area contributed by atoms with E-state index >= 15 is 0 Å². The SMILES string of the molecule is COc1ccc2c(c1)c(C[C@@H](C)NC(=O)Cc1nc3nc(C)cc(=O)n3[nH]1)cn2C. The number of aromatic nitrogens is 5. The Morgan fingerprint density at radius 2 is 2.10 bits per heavy atom. The quantitative estimate of drug-likeness (QED) is 0.503. The summed E-state index contributed by atoms with van der Waals surface area (Å²) < 4.78 is 8.65. The molecule has 1 atom stereocenters. The average molecular weight is 408 g/mol. The van der Waals surface area contributed by atoms with Crippen molar-refractivity contribution in [1.82, 2.24) is 29.5 Å². The molecule has 9 heteroatoms. The number of H-pyrrole nitrogens is 1. The van der Waals surface area contributed by atoms with Gasteiger partial charge in [0.1, 0.15) is 11.6 Å². The Labute approximate surface area is 172 Å². The molecule has 0 aliphatic heterocycles. The molecular weight excluding hydrogens is 384 g/mol. The van der Waals surface area contributed by atoms with Crippen LogP contribution in [0.15, 0.2) is 35.3 Å². The number of nitrogens with zero attached hydrogens (tertiary/aromatic N) is 4. The number of aromatic amines is 1. The second kappa shape index (κ2) is 7.66. The number of ether oxygens (including phenoxy) is 1. The van der Waals surface area contributed by atoms with Crippen molar-refractivity contribution in [1.29, 1.82) is 0 Å². The monoisotopic (exact) mass is 408 g/mol. The molecule has 0 radical (unpaired) electrons. The smallest absolute Gasteiger partial charge is 0.274 e. The summed E-state index contributed by atoms with van der Waals surface area (Å²) in [6.07, 6.45) is 2.79. The molecule has 30 heavy (non-hydrogen) atoms. The third-order valence-electron chi connectivity index (χ3n) is 5.05.